The highest BCUT2D eigenvalue weighted by Crippen LogP contribution is 2.20. The number of ether oxygens (including phenoxy) is 1. The Labute approximate surface area is 115 Å². The molecule has 1 aliphatic carbocycles. The van der Waals surface area contributed by atoms with Crippen molar-refractivity contribution in [1.82, 2.24) is 5.32 Å². The van der Waals surface area contributed by atoms with Gasteiger partial charge in [0.2, 0.25) is 0 Å². The highest BCUT2D eigenvalue weighted by Gasteiger charge is 2.25. The van der Waals surface area contributed by atoms with Gasteiger partial charge in [0.25, 0.3) is 5.69 Å². The van der Waals surface area contributed by atoms with Crippen molar-refractivity contribution in [3.05, 3.63) is 34.4 Å². The van der Waals surface area contributed by atoms with Gasteiger partial charge in [0.1, 0.15) is 5.75 Å². The number of aliphatic hydroxyl groups is 1. The molecule has 0 spiro atoms. The molecule has 0 aliphatic heterocycles. The topological polar surface area (TPSA) is 102 Å². The van der Waals surface area contributed by atoms with Crippen molar-refractivity contribution in [3.8, 4) is 5.75 Å². The Morgan fingerprint density at radius 2 is 1.95 bits per heavy atom. The predicted octanol–water partition coefficient (Wildman–Crippen LogP) is 1.99. The van der Waals surface area contributed by atoms with Crippen molar-refractivity contribution < 1.29 is 19.6 Å². The van der Waals surface area contributed by atoms with Crippen LogP contribution in [0.2, 0.25) is 0 Å². The number of hydrogen-bond acceptors (Lipinski definition) is 5. The molecule has 0 bridgehead atoms. The molecule has 0 radical (unpaired) electrons. The van der Waals surface area contributed by atoms with E-state index in [0.717, 1.165) is 19.3 Å². The Morgan fingerprint density at radius 1 is 1.30 bits per heavy atom. The molecule has 1 aromatic rings. The second-order valence-electron chi connectivity index (χ2n) is 4.74. The highest BCUT2D eigenvalue weighted by molar-refractivity contribution is 5.70. The second-order valence-corrected chi connectivity index (χ2v) is 4.74. The van der Waals surface area contributed by atoms with Crippen LogP contribution < -0.4 is 10.1 Å². The van der Waals surface area contributed by atoms with Crippen LogP contribution in [0.25, 0.3) is 0 Å². The quantitative estimate of drug-likeness (QED) is 0.651. The number of nitro benzene ring substituents is 1. The van der Waals surface area contributed by atoms with Crippen LogP contribution in [0.5, 0.6) is 5.75 Å². The van der Waals surface area contributed by atoms with Crippen LogP contribution in [0.1, 0.15) is 25.7 Å². The summed E-state index contributed by atoms with van der Waals surface area (Å²) in [5.74, 6) is 0.221. The minimum Gasteiger partial charge on any atom is -0.410 e. The molecule has 0 heterocycles. The number of nitrogens with one attached hydrogen (secondary N) is 1. The van der Waals surface area contributed by atoms with E-state index in [1.165, 1.54) is 24.3 Å². The maximum Gasteiger partial charge on any atom is 0.412 e. The third-order valence-electron chi connectivity index (χ3n) is 3.29. The Bertz CT molecular complexity index is 488. The summed E-state index contributed by atoms with van der Waals surface area (Å²) in [6.07, 6.45) is 2.09. The normalized spacial score (nSPS) is 22.1. The molecule has 2 atom stereocenters. The first kappa shape index (κ1) is 14.3. The summed E-state index contributed by atoms with van der Waals surface area (Å²) in [5.41, 5.74) is -0.0690. The van der Waals surface area contributed by atoms with Crippen molar-refractivity contribution >= 4 is 11.8 Å². The van der Waals surface area contributed by atoms with E-state index in [4.69, 9.17) is 4.74 Å². The van der Waals surface area contributed by atoms with Gasteiger partial charge in [0, 0.05) is 12.1 Å². The molecule has 1 aromatic carbocycles. The first-order valence-corrected chi connectivity index (χ1v) is 6.47. The largest absolute Gasteiger partial charge is 0.412 e. The van der Waals surface area contributed by atoms with Crippen LogP contribution >= 0.6 is 0 Å². The van der Waals surface area contributed by atoms with Crippen molar-refractivity contribution in [2.24, 2.45) is 0 Å². The van der Waals surface area contributed by atoms with Crippen LogP contribution in [0.15, 0.2) is 24.3 Å². The molecule has 1 saturated carbocycles. The summed E-state index contributed by atoms with van der Waals surface area (Å²) < 4.78 is 5.02. The predicted molar refractivity (Wildman–Crippen MR) is 70.5 cm³/mol. The van der Waals surface area contributed by atoms with E-state index in [-0.39, 0.29) is 17.5 Å². The van der Waals surface area contributed by atoms with Crippen LogP contribution in [0.3, 0.4) is 0 Å². The molecule has 108 valence electrons. The van der Waals surface area contributed by atoms with E-state index >= 15 is 0 Å². The molecule has 2 rings (SSSR count). The average Bonchev–Trinajstić information content (AvgIpc) is 2.42. The standard InChI is InChI=1S/C13H16N2O5/c16-12-4-2-1-3-11(12)14-13(17)20-10-7-5-9(6-8-10)15(18)19/h5-8,11-12,16H,1-4H2,(H,14,17). The number of rotatable bonds is 3. The van der Waals surface area contributed by atoms with Crippen molar-refractivity contribution in [2.45, 2.75) is 37.8 Å². The highest BCUT2D eigenvalue weighted by atomic mass is 16.6. The van der Waals surface area contributed by atoms with Crippen molar-refractivity contribution in [1.29, 1.82) is 0 Å². The van der Waals surface area contributed by atoms with Gasteiger partial charge in [-0.25, -0.2) is 4.79 Å². The zero-order chi connectivity index (χ0) is 14.5. The molecule has 2 N–H and O–H groups in total. The van der Waals surface area contributed by atoms with Gasteiger partial charge < -0.3 is 15.2 Å². The number of carbonyl (C=O) groups is 1. The van der Waals surface area contributed by atoms with Crippen LogP contribution in [0, 0.1) is 10.1 Å². The number of benzene rings is 1. The molecular formula is C13H16N2O5. The lowest BCUT2D eigenvalue weighted by molar-refractivity contribution is -0.384. The fourth-order valence-corrected chi connectivity index (χ4v) is 2.20. The number of nitro groups is 1. The Morgan fingerprint density at radius 3 is 2.55 bits per heavy atom. The van der Waals surface area contributed by atoms with Gasteiger partial charge in [-0.2, -0.15) is 0 Å². The summed E-state index contributed by atoms with van der Waals surface area (Å²) in [7, 11) is 0. The van der Waals surface area contributed by atoms with Gasteiger partial charge in [-0.3, -0.25) is 10.1 Å². The van der Waals surface area contributed by atoms with Gasteiger partial charge in [0.05, 0.1) is 17.1 Å². The van der Waals surface area contributed by atoms with Gasteiger partial charge >= 0.3 is 6.09 Å². The lowest BCUT2D eigenvalue weighted by atomic mass is 9.93. The van der Waals surface area contributed by atoms with E-state index < -0.39 is 17.1 Å². The molecule has 1 aliphatic rings. The van der Waals surface area contributed by atoms with E-state index in [1.807, 2.05) is 0 Å². The minimum atomic E-state index is -0.662. The van der Waals surface area contributed by atoms with Gasteiger partial charge in [-0.05, 0) is 25.0 Å². The molecule has 2 unspecified atom stereocenters. The molecule has 0 aromatic heterocycles. The van der Waals surface area contributed by atoms with E-state index in [1.54, 1.807) is 0 Å². The number of amides is 1. The molecule has 0 saturated heterocycles. The Balaban J connectivity index is 1.89. The number of nitrogens with zero attached hydrogens (tertiary/aromatic N) is 1. The number of non-ortho nitro benzene ring substituents is 1. The van der Waals surface area contributed by atoms with E-state index in [0.29, 0.717) is 6.42 Å². The Kier molecular flexibility index (Phi) is 4.52. The second kappa shape index (κ2) is 6.33. The third-order valence-corrected chi connectivity index (χ3v) is 3.29. The lowest BCUT2D eigenvalue weighted by Crippen LogP contribution is -2.46. The lowest BCUT2D eigenvalue weighted by Gasteiger charge is -2.27. The van der Waals surface area contributed by atoms with E-state index in [2.05, 4.69) is 5.32 Å². The van der Waals surface area contributed by atoms with Gasteiger partial charge in [0.15, 0.2) is 0 Å². The van der Waals surface area contributed by atoms with E-state index in [9.17, 15) is 20.0 Å². The maximum absolute atomic E-state index is 11.7. The molecule has 1 amide bonds. The maximum atomic E-state index is 11.7. The van der Waals surface area contributed by atoms with Crippen molar-refractivity contribution in [2.75, 3.05) is 0 Å². The first-order valence-electron chi connectivity index (χ1n) is 6.47. The summed E-state index contributed by atoms with van der Waals surface area (Å²) in [4.78, 5) is 21.6. The number of aliphatic hydroxyl groups excluding tert-OH is 1. The van der Waals surface area contributed by atoms with Crippen LogP contribution in [-0.2, 0) is 0 Å². The fraction of sp³-hybridized carbons (Fsp3) is 0.462. The summed E-state index contributed by atoms with van der Waals surface area (Å²) in [5, 5.41) is 22.8. The third kappa shape index (κ3) is 3.67. The fourth-order valence-electron chi connectivity index (χ4n) is 2.20. The monoisotopic (exact) mass is 280 g/mol. The summed E-state index contributed by atoms with van der Waals surface area (Å²) in [6.45, 7) is 0. The molecule has 20 heavy (non-hydrogen) atoms. The number of carbonyl (C=O) groups excluding carboxylic acids is 1. The van der Waals surface area contributed by atoms with Crippen molar-refractivity contribution in [3.63, 3.8) is 0 Å². The molecule has 7 nitrogen and oxygen atoms in total. The Hall–Kier alpha value is -2.15. The zero-order valence-corrected chi connectivity index (χ0v) is 10.8. The molecular weight excluding hydrogens is 264 g/mol. The average molecular weight is 280 g/mol. The molecule has 7 heteroatoms. The molecule has 1 fully saturated rings. The van der Waals surface area contributed by atoms with Gasteiger partial charge in [-0.1, -0.05) is 12.8 Å². The SMILES string of the molecule is O=C(NC1CCCCC1O)Oc1ccc([N+](=O)[O-])cc1. The van der Waals surface area contributed by atoms with Gasteiger partial charge in [-0.15, -0.1) is 0 Å². The zero-order valence-electron chi connectivity index (χ0n) is 10.8. The number of hydrogen-bond donors (Lipinski definition) is 2. The minimum absolute atomic E-state index is 0.0690. The summed E-state index contributed by atoms with van der Waals surface area (Å²) in [6, 6.07) is 4.94. The van der Waals surface area contributed by atoms with Crippen LogP contribution in [-0.4, -0.2) is 28.3 Å². The smallest absolute Gasteiger partial charge is 0.410 e. The first-order chi connectivity index (χ1) is 9.56. The summed E-state index contributed by atoms with van der Waals surface area (Å²) >= 11 is 0. The van der Waals surface area contributed by atoms with Crippen LogP contribution in [0.4, 0.5) is 10.5 Å².